The number of hydrogen-bond donors (Lipinski definition) is 6. The minimum Gasteiger partial charge on any atom is -0.394 e. The molecule has 184 valence electrons. The van der Waals surface area contributed by atoms with Gasteiger partial charge in [0, 0.05) is 28.5 Å². The summed E-state index contributed by atoms with van der Waals surface area (Å²) in [6.07, 6.45) is -4.08. The summed E-state index contributed by atoms with van der Waals surface area (Å²) >= 11 is 0. The molecule has 3 fully saturated rings. The predicted molar refractivity (Wildman–Crippen MR) is 119 cm³/mol. The first-order chi connectivity index (χ1) is 15.4. The Morgan fingerprint density at radius 3 is 1.48 bits per heavy atom. The molecule has 0 aromatic carbocycles. The fourth-order valence-corrected chi connectivity index (χ4v) is 4.10. The van der Waals surface area contributed by atoms with Crippen molar-refractivity contribution in [1.29, 1.82) is 0 Å². The highest BCUT2D eigenvalue weighted by molar-refractivity contribution is 7.32. The van der Waals surface area contributed by atoms with Crippen LogP contribution in [0, 0.1) is 5.92 Å². The lowest BCUT2D eigenvalue weighted by molar-refractivity contribution is -0.00875. The van der Waals surface area contributed by atoms with Crippen LogP contribution < -0.4 is 0 Å². The van der Waals surface area contributed by atoms with E-state index >= 15 is 0 Å². The van der Waals surface area contributed by atoms with Gasteiger partial charge in [-0.2, -0.15) is 0 Å². The van der Waals surface area contributed by atoms with Crippen LogP contribution in [-0.2, 0) is 23.3 Å². The lowest BCUT2D eigenvalue weighted by atomic mass is 9.86. The van der Waals surface area contributed by atoms with Gasteiger partial charge >= 0.3 is 8.25 Å². The molecule has 3 aliphatic heterocycles. The molecule has 0 saturated carbocycles. The molecule has 15 heteroatoms. The molecule has 0 amide bonds. The second-order valence-corrected chi connectivity index (χ2v) is 8.73. The molecule has 4 unspecified atom stereocenters. The summed E-state index contributed by atoms with van der Waals surface area (Å²) in [7, 11) is 13.6. The maximum Gasteiger partial charge on any atom is 0.695 e. The molecule has 0 spiro atoms. The third-order valence-corrected chi connectivity index (χ3v) is 6.15. The highest BCUT2D eigenvalue weighted by atomic mass is 31.1. The first-order valence-corrected chi connectivity index (χ1v) is 11.9. The molecule has 0 aliphatic carbocycles. The van der Waals surface area contributed by atoms with Crippen molar-refractivity contribution in [3.05, 3.63) is 0 Å². The van der Waals surface area contributed by atoms with Crippen LogP contribution in [-0.4, -0.2) is 127 Å². The summed E-state index contributed by atoms with van der Waals surface area (Å²) in [5.74, 6) is -0.0453. The molecule has 3 aliphatic rings. The number of aliphatic hydroxyl groups excluding tert-OH is 5. The first-order valence-electron chi connectivity index (χ1n) is 10.8. The molecule has 0 aromatic heterocycles. The molecule has 3 heterocycles. The Bertz CT molecular complexity index is 567. The molecule has 0 bridgehead atoms. The van der Waals surface area contributed by atoms with Gasteiger partial charge in [-0.3, -0.25) is 0 Å². The molecule has 11 nitrogen and oxygen atoms in total. The van der Waals surface area contributed by atoms with E-state index in [4.69, 9.17) is 67.6 Å². The van der Waals surface area contributed by atoms with Gasteiger partial charge in [0.2, 0.25) is 0 Å². The Morgan fingerprint density at radius 1 is 0.788 bits per heavy atom. The van der Waals surface area contributed by atoms with Gasteiger partial charge in [0.1, 0.15) is 48.0 Å². The van der Waals surface area contributed by atoms with Gasteiger partial charge in [-0.15, -0.1) is 9.42 Å². The van der Waals surface area contributed by atoms with Crippen LogP contribution >= 0.6 is 8.25 Å². The zero-order valence-electron chi connectivity index (χ0n) is 19.0. The molecule has 6 radical (unpaired) electrons. The maximum atomic E-state index is 10.5. The molecule has 3 rings (SSSR count). The Balaban J connectivity index is 0.000000251. The second kappa shape index (κ2) is 14.5. The minimum atomic E-state index is -2.58. The highest BCUT2D eigenvalue weighted by Crippen LogP contribution is 2.34. The number of hydrogen-bond acceptors (Lipinski definition) is 10. The maximum absolute atomic E-state index is 10.5. The normalized spacial score (nSPS) is 45.1. The second-order valence-electron chi connectivity index (χ2n) is 8.05. The molecule has 13 atom stereocenters. The predicted octanol–water partition coefficient (Wildman–Crippen LogP) is -2.43. The molecule has 33 heavy (non-hydrogen) atoms. The van der Waals surface area contributed by atoms with Gasteiger partial charge in [-0.05, 0) is 12.8 Å². The molecular formula is C18H33B3O11P+. The minimum absolute atomic E-state index is 0.0453. The van der Waals surface area contributed by atoms with E-state index < -0.39 is 56.8 Å². The van der Waals surface area contributed by atoms with E-state index in [1.807, 2.05) is 20.8 Å². The zero-order valence-corrected chi connectivity index (χ0v) is 19.8. The third kappa shape index (κ3) is 8.50. The largest absolute Gasteiger partial charge is 0.695 e. The van der Waals surface area contributed by atoms with Crippen molar-refractivity contribution in [3.63, 3.8) is 0 Å². The summed E-state index contributed by atoms with van der Waals surface area (Å²) < 4.78 is 30.5. The summed E-state index contributed by atoms with van der Waals surface area (Å²) in [5, 5.41) is 44.7. The van der Waals surface area contributed by atoms with E-state index in [0.29, 0.717) is 6.42 Å². The van der Waals surface area contributed by atoms with Crippen LogP contribution in [0.5, 0.6) is 0 Å². The summed E-state index contributed by atoms with van der Waals surface area (Å²) in [5.41, 5.74) is 0. The van der Waals surface area contributed by atoms with Crippen molar-refractivity contribution in [2.75, 3.05) is 6.61 Å². The first kappa shape index (κ1) is 30.9. The van der Waals surface area contributed by atoms with Crippen molar-refractivity contribution in [3.8, 4) is 0 Å². The standard InChI is InChI=1S/C7H12BO4P.C6H11BO3.C5H9BO4/c1-3-5-6(12-13(9)10)4(2)7(8)11-5;1-2-3-4(8)5(9)6(7)10-3;6-5-4(9)3(8)2(1-7)10-5/h4-7H,3H2,1-2H3;3-6,8-9H,2H2,1H3;2-5,7-9H,1H2/p+1/t4-,5+,6?,7+;3-,4?,5+,6-;2-,3?,4+,5-/m011/s1. The smallest absolute Gasteiger partial charge is 0.394 e. The average molecular weight is 489 g/mol. The summed E-state index contributed by atoms with van der Waals surface area (Å²) in [4.78, 5) is 8.62. The van der Waals surface area contributed by atoms with Gasteiger partial charge in [0.05, 0.1) is 31.0 Å². The summed E-state index contributed by atoms with van der Waals surface area (Å²) in [6, 6.07) is -2.00. The van der Waals surface area contributed by atoms with Crippen LogP contribution in [0.25, 0.3) is 0 Å². The van der Waals surface area contributed by atoms with Crippen LogP contribution in [0.2, 0.25) is 0 Å². The van der Waals surface area contributed by atoms with E-state index in [1.54, 1.807) is 0 Å². The Labute approximate surface area is 198 Å². The van der Waals surface area contributed by atoms with Crippen molar-refractivity contribution >= 4 is 31.8 Å². The quantitative estimate of drug-likeness (QED) is 0.179. The number of ether oxygens (including phenoxy) is 3. The van der Waals surface area contributed by atoms with Gasteiger partial charge in [0.25, 0.3) is 0 Å². The SMILES string of the molecule is [B][C@@H]1O[C@H](CC)C(O)[C@@H]1O.[B][C@@H]1O[C@H](CC)C(O[P+](=O)O)[C@@H]1C.[B][C@@H]1O[C@H](CO)C(O)[C@@H]1O. The van der Waals surface area contributed by atoms with E-state index in [2.05, 4.69) is 0 Å². The fraction of sp³-hybridized carbons (Fsp3) is 1.00. The fourth-order valence-electron chi connectivity index (χ4n) is 3.57. The van der Waals surface area contributed by atoms with Crippen molar-refractivity contribution in [2.24, 2.45) is 5.92 Å². The van der Waals surface area contributed by atoms with Gasteiger partial charge in [-0.25, -0.2) is 0 Å². The Hall–Kier alpha value is -0.105. The van der Waals surface area contributed by atoms with Gasteiger partial charge in [0.15, 0.2) is 0 Å². The van der Waals surface area contributed by atoms with Crippen LogP contribution in [0.1, 0.15) is 33.6 Å². The van der Waals surface area contributed by atoms with E-state index in [1.165, 1.54) is 0 Å². The third-order valence-electron chi connectivity index (χ3n) is 5.73. The van der Waals surface area contributed by atoms with Crippen molar-refractivity contribution in [1.82, 2.24) is 0 Å². The number of rotatable bonds is 5. The van der Waals surface area contributed by atoms with Crippen LogP contribution in [0.3, 0.4) is 0 Å². The molecule has 0 aromatic rings. The number of aliphatic hydroxyl groups is 5. The van der Waals surface area contributed by atoms with Crippen LogP contribution in [0.4, 0.5) is 0 Å². The highest BCUT2D eigenvalue weighted by Gasteiger charge is 2.44. The van der Waals surface area contributed by atoms with E-state index in [-0.39, 0.29) is 30.8 Å². The molecular weight excluding hydrogens is 456 g/mol. The zero-order chi connectivity index (χ0) is 25.5. The van der Waals surface area contributed by atoms with Gasteiger partial charge in [-0.1, -0.05) is 20.8 Å². The monoisotopic (exact) mass is 489 g/mol. The Kier molecular flexibility index (Phi) is 13.5. The van der Waals surface area contributed by atoms with Crippen LogP contribution in [0.15, 0.2) is 0 Å². The summed E-state index contributed by atoms with van der Waals surface area (Å²) in [6.45, 7) is 5.32. The lowest BCUT2D eigenvalue weighted by Gasteiger charge is -2.12. The van der Waals surface area contributed by atoms with Gasteiger partial charge < -0.3 is 39.7 Å². The van der Waals surface area contributed by atoms with E-state index in [9.17, 15) is 9.67 Å². The molecule has 6 N–H and O–H groups in total. The van der Waals surface area contributed by atoms with Crippen molar-refractivity contribution < 1.29 is 53.7 Å². The average Bonchev–Trinajstić information content (AvgIpc) is 3.30. The molecule has 3 saturated heterocycles. The van der Waals surface area contributed by atoms with Crippen molar-refractivity contribution in [2.45, 2.75) is 100 Å². The topological polar surface area (TPSA) is 175 Å². The Morgan fingerprint density at radius 2 is 1.21 bits per heavy atom. The lowest BCUT2D eigenvalue weighted by Crippen LogP contribution is -2.33. The van der Waals surface area contributed by atoms with E-state index in [0.717, 1.165) is 6.42 Å².